The highest BCUT2D eigenvalue weighted by Gasteiger charge is 2.64. The van der Waals surface area contributed by atoms with Crippen molar-refractivity contribution in [3.05, 3.63) is 55.1 Å². The number of piperidine rings is 1. The number of rotatable bonds is 3. The number of likely N-dealkylation sites (tertiary alicyclic amines) is 1. The zero-order chi connectivity index (χ0) is 31.2. The normalized spacial score (nSPS) is 24.7. The van der Waals surface area contributed by atoms with Gasteiger partial charge in [-0.3, -0.25) is 9.59 Å². The molecule has 43 heavy (non-hydrogen) atoms. The van der Waals surface area contributed by atoms with Crippen LogP contribution in [-0.4, -0.2) is 54.3 Å². The second-order valence-electron chi connectivity index (χ2n) is 12.6. The highest BCUT2D eigenvalue weighted by atomic mass is 79.9. The summed E-state index contributed by atoms with van der Waals surface area (Å²) in [5.41, 5.74) is -1.13. The van der Waals surface area contributed by atoms with Crippen LogP contribution in [-0.2, 0) is 27.7 Å². The van der Waals surface area contributed by atoms with Crippen molar-refractivity contribution in [1.82, 2.24) is 24.1 Å². The fraction of sp³-hybridized carbons (Fsp3) is 0.536. The first-order chi connectivity index (χ1) is 20.0. The molecule has 4 unspecified atom stereocenters. The Morgan fingerprint density at radius 3 is 2.63 bits per heavy atom. The lowest BCUT2D eigenvalue weighted by Crippen LogP contribution is -2.49. The minimum absolute atomic E-state index is 0.0240. The molecule has 10 nitrogen and oxygen atoms in total. The van der Waals surface area contributed by atoms with Gasteiger partial charge < -0.3 is 19.5 Å². The number of amides is 2. The molecule has 3 aromatic rings. The average molecular weight is 686 g/mol. The third-order valence-electron chi connectivity index (χ3n) is 8.56. The Kier molecular flexibility index (Phi) is 6.92. The average Bonchev–Trinajstić information content (AvgIpc) is 3.51. The van der Waals surface area contributed by atoms with Crippen molar-refractivity contribution >= 4 is 51.0 Å². The van der Waals surface area contributed by atoms with Gasteiger partial charge in [0.15, 0.2) is 0 Å². The van der Waals surface area contributed by atoms with E-state index >= 15 is 0 Å². The van der Waals surface area contributed by atoms with E-state index in [1.165, 1.54) is 4.52 Å². The van der Waals surface area contributed by atoms with Crippen LogP contribution >= 0.6 is 27.5 Å². The van der Waals surface area contributed by atoms with Gasteiger partial charge in [-0.1, -0.05) is 18.5 Å². The molecule has 230 valence electrons. The van der Waals surface area contributed by atoms with Crippen molar-refractivity contribution in [2.45, 2.75) is 82.7 Å². The lowest BCUT2D eigenvalue weighted by molar-refractivity contribution is -0.137. The topological polar surface area (TPSA) is 111 Å². The van der Waals surface area contributed by atoms with Gasteiger partial charge in [0.2, 0.25) is 16.4 Å². The van der Waals surface area contributed by atoms with E-state index in [1.54, 1.807) is 9.47 Å². The van der Waals surface area contributed by atoms with Gasteiger partial charge >= 0.3 is 12.3 Å². The van der Waals surface area contributed by atoms with Gasteiger partial charge in [-0.25, -0.2) is 4.79 Å². The second kappa shape index (κ2) is 9.94. The zero-order valence-corrected chi connectivity index (χ0v) is 26.1. The van der Waals surface area contributed by atoms with E-state index in [0.717, 1.165) is 24.6 Å². The van der Waals surface area contributed by atoms with Gasteiger partial charge in [-0.2, -0.15) is 22.7 Å². The standard InChI is InChI=1S/C28H29BrClF3N6O4/c1-13-11-27(7-8-37(18-10-15(18)27)25(42)43-26(2,3)4)20-21(13)38(24-35-23(29)36-39(24)22(20)41)12-19(40)34-17-6-5-14(9-16(17)30)28(31,32)33/h5-6,9,13,15,18H,7-8,10-12H2,1-4H3,(H,34,40). The number of alkyl halides is 3. The molecule has 1 spiro atoms. The van der Waals surface area contributed by atoms with Crippen molar-refractivity contribution in [2.24, 2.45) is 5.92 Å². The number of nitrogens with zero attached hydrogens (tertiary/aromatic N) is 5. The summed E-state index contributed by atoms with van der Waals surface area (Å²) in [6, 6.07) is 2.64. The molecule has 1 N–H and O–H groups in total. The number of halogens is 5. The van der Waals surface area contributed by atoms with Crippen LogP contribution in [0.4, 0.5) is 23.7 Å². The van der Waals surface area contributed by atoms with Crippen LogP contribution in [0.2, 0.25) is 5.02 Å². The molecule has 2 fully saturated rings. The third kappa shape index (κ3) is 5.09. The van der Waals surface area contributed by atoms with Crippen LogP contribution in [0.15, 0.2) is 27.7 Å². The Morgan fingerprint density at radius 1 is 1.26 bits per heavy atom. The molecule has 2 aliphatic carbocycles. The second-order valence-corrected chi connectivity index (χ2v) is 13.7. The number of nitrogens with one attached hydrogen (secondary N) is 1. The molecule has 1 aromatic carbocycles. The van der Waals surface area contributed by atoms with Crippen molar-refractivity contribution < 1.29 is 27.5 Å². The summed E-state index contributed by atoms with van der Waals surface area (Å²) in [5, 5.41) is 6.59. The maximum absolute atomic E-state index is 14.0. The van der Waals surface area contributed by atoms with Gasteiger partial charge in [0.05, 0.1) is 16.3 Å². The Labute approximate surface area is 257 Å². The molecule has 6 rings (SSSR count). The highest BCUT2D eigenvalue weighted by molar-refractivity contribution is 9.10. The Bertz CT molecular complexity index is 1730. The van der Waals surface area contributed by atoms with Gasteiger partial charge in [0, 0.05) is 29.3 Å². The van der Waals surface area contributed by atoms with E-state index in [-0.39, 0.29) is 57.3 Å². The van der Waals surface area contributed by atoms with Crippen molar-refractivity contribution in [3.8, 4) is 0 Å². The maximum Gasteiger partial charge on any atom is 0.416 e. The summed E-state index contributed by atoms with van der Waals surface area (Å²) in [5.74, 6) is -0.486. The van der Waals surface area contributed by atoms with E-state index < -0.39 is 28.7 Å². The van der Waals surface area contributed by atoms with Gasteiger partial charge in [-0.05, 0) is 86.0 Å². The molecular formula is C28H29BrClF3N6O4. The number of ether oxygens (including phenoxy) is 1. The van der Waals surface area contributed by atoms with Crippen molar-refractivity contribution in [3.63, 3.8) is 0 Å². The minimum atomic E-state index is -4.58. The predicted octanol–water partition coefficient (Wildman–Crippen LogP) is 5.74. The molecule has 15 heteroatoms. The summed E-state index contributed by atoms with van der Waals surface area (Å²) in [6.45, 7) is 7.60. The van der Waals surface area contributed by atoms with E-state index in [2.05, 4.69) is 31.3 Å². The first kappa shape index (κ1) is 29.9. The highest BCUT2D eigenvalue weighted by Crippen LogP contribution is 2.62. The van der Waals surface area contributed by atoms with Gasteiger partial charge in [-0.15, -0.1) is 5.10 Å². The molecule has 1 saturated carbocycles. The van der Waals surface area contributed by atoms with Crippen LogP contribution in [0, 0.1) is 5.92 Å². The van der Waals surface area contributed by atoms with Crippen LogP contribution in [0.3, 0.4) is 0 Å². The minimum Gasteiger partial charge on any atom is -0.444 e. The summed E-state index contributed by atoms with van der Waals surface area (Å²) in [4.78, 5) is 46.4. The lowest BCUT2D eigenvalue weighted by Gasteiger charge is -2.39. The summed E-state index contributed by atoms with van der Waals surface area (Å²) in [6.07, 6.45) is -3.01. The van der Waals surface area contributed by atoms with E-state index in [4.69, 9.17) is 16.3 Å². The third-order valence-corrected chi connectivity index (χ3v) is 9.21. The van der Waals surface area contributed by atoms with E-state index in [9.17, 15) is 27.6 Å². The molecule has 0 radical (unpaired) electrons. The summed E-state index contributed by atoms with van der Waals surface area (Å²) in [7, 11) is 0. The zero-order valence-electron chi connectivity index (χ0n) is 23.8. The van der Waals surface area contributed by atoms with Crippen LogP contribution in [0.1, 0.15) is 69.7 Å². The molecule has 4 atom stereocenters. The van der Waals surface area contributed by atoms with E-state index in [1.807, 2.05) is 27.7 Å². The SMILES string of the molecule is CC1CC2(CCN(C(=O)OC(C)(C)C)C3CC32)c2c1n(CC(=O)Nc1ccc(C(F)(F)F)cc1Cl)c1nc(Br)nn1c2=O. The first-order valence-corrected chi connectivity index (χ1v) is 15.0. The van der Waals surface area contributed by atoms with Crippen molar-refractivity contribution in [2.75, 3.05) is 11.9 Å². The molecule has 3 aliphatic rings. The largest absolute Gasteiger partial charge is 0.444 e. The lowest BCUT2D eigenvalue weighted by atomic mass is 9.72. The van der Waals surface area contributed by atoms with Gasteiger partial charge in [0.25, 0.3) is 5.56 Å². The number of carbonyl (C=O) groups excluding carboxylic acids is 2. The summed E-state index contributed by atoms with van der Waals surface area (Å²) >= 11 is 9.32. The Morgan fingerprint density at radius 2 is 1.98 bits per heavy atom. The van der Waals surface area contributed by atoms with Gasteiger partial charge in [0.1, 0.15) is 12.1 Å². The molecule has 2 aromatic heterocycles. The van der Waals surface area contributed by atoms with E-state index in [0.29, 0.717) is 30.6 Å². The van der Waals surface area contributed by atoms with Crippen LogP contribution in [0.25, 0.3) is 5.78 Å². The molecule has 1 saturated heterocycles. The number of carbonyl (C=O) groups is 2. The quantitative estimate of drug-likeness (QED) is 0.377. The number of benzene rings is 1. The number of aromatic nitrogens is 4. The Hall–Kier alpha value is -3.13. The molecule has 0 bridgehead atoms. The summed E-state index contributed by atoms with van der Waals surface area (Å²) < 4.78 is 47.9. The number of anilines is 1. The van der Waals surface area contributed by atoms with Crippen LogP contribution in [0.5, 0.6) is 0 Å². The Balaban J connectivity index is 1.35. The fourth-order valence-corrected chi connectivity index (χ4v) is 7.50. The number of hydrogen-bond donors (Lipinski definition) is 1. The van der Waals surface area contributed by atoms with Crippen LogP contribution < -0.4 is 10.9 Å². The molecule has 3 heterocycles. The predicted molar refractivity (Wildman–Crippen MR) is 154 cm³/mol. The molecule has 2 amide bonds. The fourth-order valence-electron chi connectivity index (χ4n) is 6.96. The number of fused-ring (bicyclic) bond motifs is 5. The monoisotopic (exact) mass is 684 g/mol. The smallest absolute Gasteiger partial charge is 0.416 e. The maximum atomic E-state index is 14.0. The molecular weight excluding hydrogens is 657 g/mol. The number of hydrogen-bond acceptors (Lipinski definition) is 6. The molecule has 1 aliphatic heterocycles. The first-order valence-electron chi connectivity index (χ1n) is 13.9. The van der Waals surface area contributed by atoms with Crippen molar-refractivity contribution in [1.29, 1.82) is 0 Å².